The number of carbonyl (C=O) groups is 2. The van der Waals surface area contributed by atoms with Crippen LogP contribution in [0.5, 0.6) is 0 Å². The molecule has 3 heterocycles. The van der Waals surface area contributed by atoms with Gasteiger partial charge in [-0.25, -0.2) is 9.59 Å². The monoisotopic (exact) mass is 276 g/mol. The summed E-state index contributed by atoms with van der Waals surface area (Å²) in [5, 5.41) is 11.8. The van der Waals surface area contributed by atoms with Crippen LogP contribution < -0.4 is 5.32 Å². The van der Waals surface area contributed by atoms with Crippen molar-refractivity contribution in [2.75, 3.05) is 18.4 Å². The van der Waals surface area contributed by atoms with Crippen molar-refractivity contribution in [1.82, 2.24) is 14.8 Å². The zero-order valence-corrected chi connectivity index (χ0v) is 11.0. The van der Waals surface area contributed by atoms with Crippen molar-refractivity contribution in [3.8, 4) is 0 Å². The predicted molar refractivity (Wildman–Crippen MR) is 71.4 cm³/mol. The van der Waals surface area contributed by atoms with Crippen molar-refractivity contribution in [1.29, 1.82) is 0 Å². The Morgan fingerprint density at radius 2 is 2.15 bits per heavy atom. The third-order valence-corrected chi connectivity index (χ3v) is 3.92. The van der Waals surface area contributed by atoms with Crippen LogP contribution in [-0.4, -0.2) is 51.1 Å². The maximum absolute atomic E-state index is 12.1. The maximum Gasteiger partial charge on any atom is 0.407 e. The Morgan fingerprint density at radius 1 is 1.40 bits per heavy atom. The average molecular weight is 276 g/mol. The fourth-order valence-electron chi connectivity index (χ4n) is 2.78. The second-order valence-electron chi connectivity index (χ2n) is 5.09. The Kier molecular flexibility index (Phi) is 3.17. The molecule has 7 heteroatoms. The molecule has 1 fully saturated rings. The highest BCUT2D eigenvalue weighted by Gasteiger charge is 2.32. The lowest BCUT2D eigenvalue weighted by Crippen LogP contribution is -2.50. The van der Waals surface area contributed by atoms with Gasteiger partial charge < -0.3 is 20.2 Å². The first-order chi connectivity index (χ1) is 9.65. The van der Waals surface area contributed by atoms with Gasteiger partial charge in [0.05, 0.1) is 12.2 Å². The van der Waals surface area contributed by atoms with Gasteiger partial charge in [0.25, 0.3) is 0 Å². The molecule has 0 bridgehead atoms. The molecule has 0 radical (unpaired) electrons. The first kappa shape index (κ1) is 12.7. The van der Waals surface area contributed by atoms with Gasteiger partial charge in [-0.2, -0.15) is 0 Å². The highest BCUT2D eigenvalue weighted by molar-refractivity contribution is 5.92. The van der Waals surface area contributed by atoms with Gasteiger partial charge in [-0.05, 0) is 18.9 Å². The van der Waals surface area contributed by atoms with E-state index in [1.54, 1.807) is 23.4 Å². The third-order valence-electron chi connectivity index (χ3n) is 3.92. The molecule has 0 aliphatic carbocycles. The molecule has 0 saturated carbocycles. The van der Waals surface area contributed by atoms with Crippen molar-refractivity contribution >= 4 is 17.8 Å². The first-order valence-electron chi connectivity index (χ1n) is 6.63. The summed E-state index contributed by atoms with van der Waals surface area (Å²) >= 11 is 0. The molecule has 0 spiro atoms. The van der Waals surface area contributed by atoms with Gasteiger partial charge in [-0.15, -0.1) is 0 Å². The quantitative estimate of drug-likeness (QED) is 0.815. The number of carboxylic acid groups (broad SMARTS) is 1. The molecule has 106 valence electrons. The summed E-state index contributed by atoms with van der Waals surface area (Å²) in [6, 6.07) is 1.76. The second-order valence-corrected chi connectivity index (χ2v) is 5.09. The second kappa shape index (κ2) is 4.99. The molecule has 1 saturated heterocycles. The van der Waals surface area contributed by atoms with Crippen LogP contribution in [0.25, 0.3) is 0 Å². The Morgan fingerprint density at radius 3 is 2.85 bits per heavy atom. The topological polar surface area (TPSA) is 85.8 Å². The molecule has 2 aliphatic heterocycles. The van der Waals surface area contributed by atoms with Crippen molar-refractivity contribution in [3.63, 3.8) is 0 Å². The van der Waals surface area contributed by atoms with Gasteiger partial charge >= 0.3 is 12.1 Å². The van der Waals surface area contributed by atoms with Gasteiger partial charge in [0.2, 0.25) is 0 Å². The van der Waals surface area contributed by atoms with Gasteiger partial charge in [-0.3, -0.25) is 4.98 Å². The minimum absolute atomic E-state index is 0.0824. The van der Waals surface area contributed by atoms with E-state index in [0.29, 0.717) is 32.5 Å². The van der Waals surface area contributed by atoms with Gasteiger partial charge in [0.1, 0.15) is 0 Å². The average Bonchev–Trinajstić information content (AvgIpc) is 2.46. The summed E-state index contributed by atoms with van der Waals surface area (Å²) in [6.45, 7) is 1.49. The summed E-state index contributed by atoms with van der Waals surface area (Å²) in [4.78, 5) is 30.3. The fraction of sp³-hybridized carbons (Fsp3) is 0.462. The van der Waals surface area contributed by atoms with Crippen LogP contribution in [0.1, 0.15) is 18.4 Å². The van der Waals surface area contributed by atoms with Crippen molar-refractivity contribution in [3.05, 3.63) is 24.0 Å². The number of nitrogens with one attached hydrogen (secondary N) is 1. The molecule has 0 unspecified atom stereocenters. The van der Waals surface area contributed by atoms with E-state index in [4.69, 9.17) is 5.11 Å². The number of aromatic nitrogens is 1. The molecule has 2 aliphatic rings. The summed E-state index contributed by atoms with van der Waals surface area (Å²) in [5.41, 5.74) is 1.80. The van der Waals surface area contributed by atoms with Crippen LogP contribution in [0.15, 0.2) is 18.5 Å². The number of fused-ring (bicyclic) bond motifs is 1. The minimum Gasteiger partial charge on any atom is -0.465 e. The number of carbonyl (C=O) groups excluding carboxylic acids is 1. The molecule has 1 aromatic heterocycles. The van der Waals surface area contributed by atoms with E-state index in [1.807, 2.05) is 0 Å². The van der Waals surface area contributed by atoms with Crippen LogP contribution in [0.2, 0.25) is 0 Å². The number of urea groups is 1. The zero-order valence-electron chi connectivity index (χ0n) is 11.0. The smallest absolute Gasteiger partial charge is 0.407 e. The summed E-state index contributed by atoms with van der Waals surface area (Å²) in [7, 11) is 0. The van der Waals surface area contributed by atoms with E-state index in [2.05, 4.69) is 10.3 Å². The molecule has 20 heavy (non-hydrogen) atoms. The number of hydrogen-bond donors (Lipinski definition) is 2. The number of piperidine rings is 1. The lowest BCUT2D eigenvalue weighted by atomic mass is 10.0. The van der Waals surface area contributed by atoms with Crippen LogP contribution in [0.3, 0.4) is 0 Å². The van der Waals surface area contributed by atoms with Crippen LogP contribution in [0.4, 0.5) is 15.3 Å². The number of amides is 3. The van der Waals surface area contributed by atoms with Gasteiger partial charge in [-0.1, -0.05) is 0 Å². The van der Waals surface area contributed by atoms with Gasteiger partial charge in [0, 0.05) is 37.1 Å². The highest BCUT2D eigenvalue weighted by atomic mass is 16.4. The predicted octanol–water partition coefficient (Wildman–Crippen LogP) is 1.57. The van der Waals surface area contributed by atoms with E-state index < -0.39 is 6.09 Å². The number of likely N-dealkylation sites (tertiary alicyclic amines) is 1. The lowest BCUT2D eigenvalue weighted by Gasteiger charge is -2.39. The van der Waals surface area contributed by atoms with Crippen molar-refractivity contribution in [2.24, 2.45) is 0 Å². The highest BCUT2D eigenvalue weighted by Crippen LogP contribution is 2.26. The molecule has 0 aromatic carbocycles. The number of rotatable bonds is 1. The molecular weight excluding hydrogens is 260 g/mol. The standard InChI is InChI=1S/C13H16N4O3/c18-12-15-11-1-4-14-7-9(11)8-17(12)10-2-5-16(6-3-10)13(19)20/h1,4,7,10H,2-3,5-6,8H2,(H,15,18)(H,19,20). The molecule has 3 rings (SSSR count). The van der Waals surface area contributed by atoms with Crippen LogP contribution in [0, 0.1) is 0 Å². The molecule has 7 nitrogen and oxygen atoms in total. The van der Waals surface area contributed by atoms with E-state index >= 15 is 0 Å². The van der Waals surface area contributed by atoms with Gasteiger partial charge in [0.15, 0.2) is 0 Å². The summed E-state index contributed by atoms with van der Waals surface area (Å²) < 4.78 is 0. The normalized spacial score (nSPS) is 19.5. The van der Waals surface area contributed by atoms with Crippen LogP contribution >= 0.6 is 0 Å². The Labute approximate surface area is 116 Å². The molecule has 0 atom stereocenters. The van der Waals surface area contributed by atoms with E-state index in [1.165, 1.54) is 4.90 Å². The Bertz CT molecular complexity index is 540. The van der Waals surface area contributed by atoms with E-state index in [-0.39, 0.29) is 12.1 Å². The largest absolute Gasteiger partial charge is 0.465 e. The first-order valence-corrected chi connectivity index (χ1v) is 6.63. The summed E-state index contributed by atoms with van der Waals surface area (Å²) in [5.74, 6) is 0. The number of hydrogen-bond acceptors (Lipinski definition) is 3. The van der Waals surface area contributed by atoms with Crippen LogP contribution in [-0.2, 0) is 6.54 Å². The number of pyridine rings is 1. The van der Waals surface area contributed by atoms with E-state index in [9.17, 15) is 9.59 Å². The minimum atomic E-state index is -0.888. The fourth-order valence-corrected chi connectivity index (χ4v) is 2.78. The SMILES string of the molecule is O=C(O)N1CCC(N2Cc3cnccc3NC2=O)CC1. The molecule has 1 aromatic rings. The number of anilines is 1. The Hall–Kier alpha value is -2.31. The van der Waals surface area contributed by atoms with Crippen molar-refractivity contribution in [2.45, 2.75) is 25.4 Å². The molecule has 2 N–H and O–H groups in total. The Balaban J connectivity index is 1.70. The summed E-state index contributed by atoms with van der Waals surface area (Å²) in [6.07, 6.45) is 3.87. The maximum atomic E-state index is 12.1. The molecular formula is C13H16N4O3. The van der Waals surface area contributed by atoms with Crippen molar-refractivity contribution < 1.29 is 14.7 Å². The molecule has 3 amide bonds. The zero-order chi connectivity index (χ0) is 14.1. The number of nitrogens with zero attached hydrogens (tertiary/aromatic N) is 3. The van der Waals surface area contributed by atoms with E-state index in [0.717, 1.165) is 11.3 Å². The third kappa shape index (κ3) is 2.26. The lowest BCUT2D eigenvalue weighted by molar-refractivity contribution is 0.104.